The maximum atomic E-state index is 12.9. The highest BCUT2D eigenvalue weighted by atomic mass is 79.9. The topological polar surface area (TPSA) is 75.1 Å². The summed E-state index contributed by atoms with van der Waals surface area (Å²) in [6.07, 6.45) is 3.06. The summed E-state index contributed by atoms with van der Waals surface area (Å²) < 4.78 is 2.00. The Kier molecular flexibility index (Phi) is 2.59. The van der Waals surface area contributed by atoms with Gasteiger partial charge < -0.3 is 5.32 Å². The van der Waals surface area contributed by atoms with Crippen molar-refractivity contribution in [2.75, 3.05) is 13.1 Å². The van der Waals surface area contributed by atoms with Crippen LogP contribution in [0.3, 0.4) is 0 Å². The zero-order valence-corrected chi connectivity index (χ0v) is 12.8. The van der Waals surface area contributed by atoms with Crippen molar-refractivity contribution in [2.45, 2.75) is 37.5 Å². The van der Waals surface area contributed by atoms with Gasteiger partial charge in [0.25, 0.3) is 11.3 Å². The van der Waals surface area contributed by atoms with Gasteiger partial charge in [0.1, 0.15) is 0 Å². The van der Waals surface area contributed by atoms with Crippen LogP contribution in [-0.4, -0.2) is 32.7 Å². The number of nitrogens with one attached hydrogen (secondary N) is 2. The van der Waals surface area contributed by atoms with Crippen molar-refractivity contribution in [1.82, 2.24) is 24.9 Å². The number of rotatable bonds is 0. The molecule has 2 aromatic rings. The third kappa shape index (κ3) is 1.56. The Morgan fingerprint density at radius 1 is 1.35 bits per heavy atom. The minimum atomic E-state index is 0.00284. The Hall–Kier alpha value is -1.21. The number of hydrogen-bond acceptors (Lipinski definition) is 4. The zero-order chi connectivity index (χ0) is 13.9. The van der Waals surface area contributed by atoms with Crippen LogP contribution in [-0.2, 0) is 5.41 Å². The summed E-state index contributed by atoms with van der Waals surface area (Å²) in [4.78, 5) is 21.7. The zero-order valence-electron chi connectivity index (χ0n) is 11.2. The normalized spacial score (nSPS) is 24.4. The van der Waals surface area contributed by atoms with E-state index >= 15 is 0 Å². The summed E-state index contributed by atoms with van der Waals surface area (Å²) in [5.41, 5.74) is 1.90. The first-order chi connectivity index (χ1) is 9.61. The van der Waals surface area contributed by atoms with Crippen molar-refractivity contribution in [3.8, 4) is 0 Å². The van der Waals surface area contributed by atoms with Gasteiger partial charge in [-0.25, -0.2) is 4.98 Å². The number of nitrogens with zero attached hydrogens (tertiary/aromatic N) is 3. The molecule has 0 bridgehead atoms. The van der Waals surface area contributed by atoms with Crippen molar-refractivity contribution in [3.63, 3.8) is 0 Å². The van der Waals surface area contributed by atoms with Crippen molar-refractivity contribution in [2.24, 2.45) is 0 Å². The maximum Gasteiger partial charge on any atom is 0.278 e. The van der Waals surface area contributed by atoms with E-state index in [2.05, 4.69) is 43.2 Å². The van der Waals surface area contributed by atoms with Gasteiger partial charge >= 0.3 is 0 Å². The maximum absolute atomic E-state index is 12.9. The van der Waals surface area contributed by atoms with Crippen LogP contribution < -0.4 is 10.9 Å². The SMILES string of the molecule is CC1CC2(CCNCC2)c2c1nc1nc(Br)[nH]n1c2=O. The van der Waals surface area contributed by atoms with Gasteiger partial charge in [0.2, 0.25) is 0 Å². The quantitative estimate of drug-likeness (QED) is 0.760. The van der Waals surface area contributed by atoms with E-state index in [1.807, 2.05) is 0 Å². The highest BCUT2D eigenvalue weighted by molar-refractivity contribution is 9.10. The van der Waals surface area contributed by atoms with Gasteiger partial charge in [-0.15, -0.1) is 0 Å². The first-order valence-corrected chi connectivity index (χ1v) is 7.79. The molecule has 1 aliphatic carbocycles. The number of hydrogen-bond donors (Lipinski definition) is 2. The molecule has 106 valence electrons. The lowest BCUT2D eigenvalue weighted by Gasteiger charge is -2.34. The summed E-state index contributed by atoms with van der Waals surface area (Å²) in [6.45, 7) is 4.11. The largest absolute Gasteiger partial charge is 0.317 e. The summed E-state index contributed by atoms with van der Waals surface area (Å²) >= 11 is 3.27. The Balaban J connectivity index is 2.02. The minimum Gasteiger partial charge on any atom is -0.317 e. The molecule has 1 spiro atoms. The molecule has 2 aliphatic rings. The highest BCUT2D eigenvalue weighted by Crippen LogP contribution is 2.48. The lowest BCUT2D eigenvalue weighted by molar-refractivity contribution is 0.294. The molecule has 2 N–H and O–H groups in total. The van der Waals surface area contributed by atoms with Crippen LogP contribution in [0, 0.1) is 0 Å². The van der Waals surface area contributed by atoms with Crippen molar-refractivity contribution in [1.29, 1.82) is 0 Å². The lowest BCUT2D eigenvalue weighted by atomic mass is 9.74. The molecule has 1 unspecified atom stereocenters. The fourth-order valence-corrected chi connectivity index (χ4v) is 4.24. The smallest absolute Gasteiger partial charge is 0.278 e. The molecule has 20 heavy (non-hydrogen) atoms. The summed E-state index contributed by atoms with van der Waals surface area (Å²) in [6, 6.07) is 0. The number of aromatic nitrogens is 4. The minimum absolute atomic E-state index is 0.00284. The third-order valence-corrected chi connectivity index (χ3v) is 5.11. The van der Waals surface area contributed by atoms with Crippen LogP contribution in [0.25, 0.3) is 5.78 Å². The predicted molar refractivity (Wildman–Crippen MR) is 78.1 cm³/mol. The van der Waals surface area contributed by atoms with E-state index in [0.29, 0.717) is 16.4 Å². The molecular formula is C13H16BrN5O. The van der Waals surface area contributed by atoms with Crippen LogP contribution in [0.4, 0.5) is 0 Å². The molecule has 6 nitrogen and oxygen atoms in total. The molecule has 7 heteroatoms. The van der Waals surface area contributed by atoms with Gasteiger partial charge in [0.15, 0.2) is 4.73 Å². The van der Waals surface area contributed by atoms with Gasteiger partial charge in [0.05, 0.1) is 5.69 Å². The molecular weight excluding hydrogens is 322 g/mol. The first kappa shape index (κ1) is 12.5. The monoisotopic (exact) mass is 337 g/mol. The second-order valence-corrected chi connectivity index (χ2v) is 6.71. The Labute approximate surface area is 124 Å². The number of halogens is 1. The van der Waals surface area contributed by atoms with E-state index in [9.17, 15) is 4.79 Å². The molecule has 1 saturated heterocycles. The molecule has 0 radical (unpaired) electrons. The van der Waals surface area contributed by atoms with Crippen molar-refractivity contribution in [3.05, 3.63) is 26.3 Å². The molecule has 4 rings (SSSR count). The van der Waals surface area contributed by atoms with Crippen molar-refractivity contribution < 1.29 is 0 Å². The van der Waals surface area contributed by atoms with Crippen LogP contribution in [0.5, 0.6) is 0 Å². The van der Waals surface area contributed by atoms with Crippen LogP contribution in [0.1, 0.15) is 43.4 Å². The lowest BCUT2D eigenvalue weighted by Crippen LogP contribution is -2.42. The fourth-order valence-electron chi connectivity index (χ4n) is 3.91. The third-order valence-electron chi connectivity index (χ3n) is 4.75. The summed E-state index contributed by atoms with van der Waals surface area (Å²) in [5, 5.41) is 6.31. The number of piperidine rings is 1. The predicted octanol–water partition coefficient (Wildman–Crippen LogP) is 1.31. The molecule has 1 fully saturated rings. The average Bonchev–Trinajstić information content (AvgIpc) is 2.91. The Morgan fingerprint density at radius 3 is 2.85 bits per heavy atom. The fraction of sp³-hybridized carbons (Fsp3) is 0.615. The van der Waals surface area contributed by atoms with E-state index in [1.165, 1.54) is 4.52 Å². The van der Waals surface area contributed by atoms with E-state index in [1.54, 1.807) is 0 Å². The van der Waals surface area contributed by atoms with E-state index < -0.39 is 0 Å². The van der Waals surface area contributed by atoms with Gasteiger partial charge in [-0.2, -0.15) is 9.50 Å². The standard InChI is InChI=1S/C13H16BrN5O/c1-7-6-13(2-4-15-5-3-13)8-9(7)16-12-17-11(14)18-19(12)10(8)20/h7,15H,2-6H2,1H3,(H,16,17,18). The molecule has 0 amide bonds. The molecule has 0 aromatic carbocycles. The van der Waals surface area contributed by atoms with Gasteiger partial charge in [-0.1, -0.05) is 6.92 Å². The van der Waals surface area contributed by atoms with Crippen LogP contribution in [0.2, 0.25) is 0 Å². The number of H-pyrrole nitrogens is 1. The molecule has 1 atom stereocenters. The second-order valence-electron chi connectivity index (χ2n) is 5.96. The van der Waals surface area contributed by atoms with Crippen molar-refractivity contribution >= 4 is 21.7 Å². The van der Waals surface area contributed by atoms with Gasteiger partial charge in [0, 0.05) is 11.0 Å². The molecule has 1 aliphatic heterocycles. The second kappa shape index (κ2) is 4.14. The molecule has 2 aromatic heterocycles. The van der Waals surface area contributed by atoms with E-state index in [4.69, 9.17) is 0 Å². The average molecular weight is 338 g/mol. The Bertz CT molecular complexity index is 743. The summed E-state index contributed by atoms with van der Waals surface area (Å²) in [7, 11) is 0. The summed E-state index contributed by atoms with van der Waals surface area (Å²) in [5.74, 6) is 0.787. The van der Waals surface area contributed by atoms with Gasteiger partial charge in [-0.05, 0) is 54.2 Å². The molecule has 0 saturated carbocycles. The molecule has 3 heterocycles. The van der Waals surface area contributed by atoms with Gasteiger partial charge in [-0.3, -0.25) is 9.89 Å². The van der Waals surface area contributed by atoms with E-state index in [0.717, 1.165) is 43.6 Å². The first-order valence-electron chi connectivity index (χ1n) is 7.00. The van der Waals surface area contributed by atoms with Crippen LogP contribution in [0.15, 0.2) is 9.53 Å². The number of fused-ring (bicyclic) bond motifs is 3. The highest BCUT2D eigenvalue weighted by Gasteiger charge is 2.46. The van der Waals surface area contributed by atoms with E-state index in [-0.39, 0.29) is 11.0 Å². The number of aromatic amines is 1. The van der Waals surface area contributed by atoms with Crippen LogP contribution >= 0.6 is 15.9 Å². The Morgan fingerprint density at radius 2 is 2.10 bits per heavy atom.